The summed E-state index contributed by atoms with van der Waals surface area (Å²) < 4.78 is 5.25. The molecule has 3 aromatic rings. The zero-order valence-corrected chi connectivity index (χ0v) is 11.4. The first-order valence-electron chi connectivity index (χ1n) is 6.45. The molecule has 5 nitrogen and oxygen atoms in total. The van der Waals surface area contributed by atoms with Crippen molar-refractivity contribution < 1.29 is 9.52 Å². The van der Waals surface area contributed by atoms with Gasteiger partial charge < -0.3 is 9.52 Å². The van der Waals surface area contributed by atoms with Gasteiger partial charge in [-0.05, 0) is 31.2 Å². The van der Waals surface area contributed by atoms with E-state index in [1.807, 2.05) is 49.4 Å². The molecular formula is C16H13N3O2. The van der Waals surface area contributed by atoms with Crippen LogP contribution in [0.3, 0.4) is 0 Å². The molecule has 0 bridgehead atoms. The summed E-state index contributed by atoms with van der Waals surface area (Å²) in [6.07, 6.45) is 1.44. The minimum Gasteiger partial charge on any atom is -0.479 e. The summed E-state index contributed by atoms with van der Waals surface area (Å²) >= 11 is 0. The number of aromatic nitrogens is 2. The first kappa shape index (κ1) is 13.1. The molecule has 0 saturated heterocycles. The number of hydrogen-bond donors (Lipinski definition) is 1. The Bertz CT molecular complexity index is 779. The summed E-state index contributed by atoms with van der Waals surface area (Å²) in [5.74, 6) is 0.649. The van der Waals surface area contributed by atoms with E-state index in [0.29, 0.717) is 11.7 Å². The van der Waals surface area contributed by atoms with Gasteiger partial charge in [-0.25, -0.2) is 15.0 Å². The smallest absolute Gasteiger partial charge is 0.312 e. The van der Waals surface area contributed by atoms with Gasteiger partial charge in [-0.15, -0.1) is 0 Å². The maximum atomic E-state index is 9.78. The van der Waals surface area contributed by atoms with E-state index in [9.17, 15) is 5.11 Å². The van der Waals surface area contributed by atoms with Crippen molar-refractivity contribution in [3.8, 4) is 17.4 Å². The molecule has 5 heteroatoms. The molecule has 104 valence electrons. The van der Waals surface area contributed by atoms with Crippen LogP contribution in [-0.2, 0) is 0 Å². The van der Waals surface area contributed by atoms with Crippen LogP contribution in [0.15, 0.2) is 57.9 Å². The Hall–Kier alpha value is -2.95. The molecule has 0 atom stereocenters. The molecule has 0 aliphatic carbocycles. The Kier molecular flexibility index (Phi) is 3.47. The van der Waals surface area contributed by atoms with E-state index in [-0.39, 0.29) is 11.6 Å². The molecule has 0 aliphatic heterocycles. The van der Waals surface area contributed by atoms with E-state index in [1.54, 1.807) is 6.07 Å². The summed E-state index contributed by atoms with van der Waals surface area (Å²) in [6.45, 7) is 1.89. The van der Waals surface area contributed by atoms with Crippen LogP contribution in [-0.4, -0.2) is 21.3 Å². The number of rotatable bonds is 3. The van der Waals surface area contributed by atoms with Crippen molar-refractivity contribution in [2.24, 2.45) is 4.99 Å². The molecule has 1 N–H and O–H groups in total. The molecule has 0 unspecified atom stereocenters. The second-order valence-corrected chi connectivity index (χ2v) is 4.47. The normalized spacial score (nSPS) is 11.1. The van der Waals surface area contributed by atoms with Gasteiger partial charge in [0.25, 0.3) is 0 Å². The Labute approximate surface area is 121 Å². The van der Waals surface area contributed by atoms with Gasteiger partial charge in [0, 0.05) is 11.3 Å². The first-order valence-corrected chi connectivity index (χ1v) is 6.45. The number of aryl methyl sites for hydroxylation is 1. The van der Waals surface area contributed by atoms with Crippen LogP contribution in [0.2, 0.25) is 0 Å². The largest absolute Gasteiger partial charge is 0.479 e. The Morgan fingerprint density at radius 2 is 1.86 bits per heavy atom. The van der Waals surface area contributed by atoms with E-state index < -0.39 is 0 Å². The molecule has 0 aliphatic rings. The predicted molar refractivity (Wildman–Crippen MR) is 79.8 cm³/mol. The van der Waals surface area contributed by atoms with Crippen LogP contribution in [0.5, 0.6) is 5.95 Å². The monoisotopic (exact) mass is 279 g/mol. The SMILES string of the molecule is Cc1cccc(N=Cc2nc(-c3ccccc3)oc2O)n1. The zero-order valence-electron chi connectivity index (χ0n) is 11.4. The van der Waals surface area contributed by atoms with Gasteiger partial charge in [-0.2, -0.15) is 0 Å². The lowest BCUT2D eigenvalue weighted by atomic mass is 10.2. The van der Waals surface area contributed by atoms with Gasteiger partial charge in [0.1, 0.15) is 0 Å². The average molecular weight is 279 g/mol. The molecule has 0 fully saturated rings. The molecule has 21 heavy (non-hydrogen) atoms. The number of hydrogen-bond acceptors (Lipinski definition) is 5. The lowest BCUT2D eigenvalue weighted by molar-refractivity contribution is 0.337. The van der Waals surface area contributed by atoms with Crippen LogP contribution in [0.4, 0.5) is 5.82 Å². The van der Waals surface area contributed by atoms with Crippen LogP contribution in [0.1, 0.15) is 11.4 Å². The maximum absolute atomic E-state index is 9.78. The average Bonchev–Trinajstić information content (AvgIpc) is 2.87. The third-order valence-corrected chi connectivity index (χ3v) is 2.85. The van der Waals surface area contributed by atoms with Crippen LogP contribution < -0.4 is 0 Å². The van der Waals surface area contributed by atoms with Crippen LogP contribution in [0.25, 0.3) is 11.5 Å². The highest BCUT2D eigenvalue weighted by molar-refractivity contribution is 5.82. The molecule has 2 aromatic heterocycles. The summed E-state index contributed by atoms with van der Waals surface area (Å²) in [4.78, 5) is 12.7. The van der Waals surface area contributed by atoms with Crippen LogP contribution in [0, 0.1) is 6.92 Å². The van der Waals surface area contributed by atoms with Gasteiger partial charge in [0.15, 0.2) is 11.5 Å². The lowest BCUT2D eigenvalue weighted by Crippen LogP contribution is -1.84. The molecular weight excluding hydrogens is 266 g/mol. The van der Waals surface area contributed by atoms with Crippen molar-refractivity contribution in [1.82, 2.24) is 9.97 Å². The summed E-state index contributed by atoms with van der Waals surface area (Å²) in [6, 6.07) is 14.9. The van der Waals surface area contributed by atoms with Crippen molar-refractivity contribution in [3.63, 3.8) is 0 Å². The number of aliphatic imine (C=N–C) groups is 1. The highest BCUT2D eigenvalue weighted by Gasteiger charge is 2.11. The minimum absolute atomic E-state index is 0.259. The predicted octanol–water partition coefficient (Wildman–Crippen LogP) is 3.50. The summed E-state index contributed by atoms with van der Waals surface area (Å²) in [7, 11) is 0. The Morgan fingerprint density at radius 1 is 1.05 bits per heavy atom. The van der Waals surface area contributed by atoms with E-state index in [0.717, 1.165) is 11.3 Å². The third-order valence-electron chi connectivity index (χ3n) is 2.85. The molecule has 2 heterocycles. The second kappa shape index (κ2) is 5.58. The van der Waals surface area contributed by atoms with Crippen LogP contribution >= 0.6 is 0 Å². The topological polar surface area (TPSA) is 71.5 Å². The minimum atomic E-state index is -0.259. The van der Waals surface area contributed by atoms with E-state index in [1.165, 1.54) is 6.21 Å². The van der Waals surface area contributed by atoms with Gasteiger partial charge in [-0.3, -0.25) is 0 Å². The highest BCUT2D eigenvalue weighted by atomic mass is 16.5. The van der Waals surface area contributed by atoms with E-state index in [4.69, 9.17) is 4.42 Å². The van der Waals surface area contributed by atoms with Gasteiger partial charge in [0.2, 0.25) is 5.89 Å². The zero-order chi connectivity index (χ0) is 14.7. The standard InChI is InChI=1S/C16H13N3O2/c1-11-6-5-9-14(18-11)17-10-13-16(20)21-15(19-13)12-7-3-2-4-8-12/h2-10,20H,1H3. The fourth-order valence-corrected chi connectivity index (χ4v) is 1.84. The molecule has 0 radical (unpaired) electrons. The number of pyridine rings is 1. The Balaban J connectivity index is 1.88. The van der Waals surface area contributed by atoms with E-state index in [2.05, 4.69) is 15.0 Å². The number of aromatic hydroxyl groups is 1. The number of nitrogens with zero attached hydrogens (tertiary/aromatic N) is 3. The molecule has 0 saturated carbocycles. The second-order valence-electron chi connectivity index (χ2n) is 4.47. The molecule has 1 aromatic carbocycles. The molecule has 3 rings (SSSR count). The van der Waals surface area contributed by atoms with Crippen molar-refractivity contribution >= 4 is 12.0 Å². The Morgan fingerprint density at radius 3 is 2.62 bits per heavy atom. The highest BCUT2D eigenvalue weighted by Crippen LogP contribution is 2.25. The summed E-state index contributed by atoms with van der Waals surface area (Å²) in [5.41, 5.74) is 1.94. The summed E-state index contributed by atoms with van der Waals surface area (Å²) in [5, 5.41) is 9.78. The van der Waals surface area contributed by atoms with Crippen molar-refractivity contribution in [2.45, 2.75) is 6.92 Å². The van der Waals surface area contributed by atoms with Crippen molar-refractivity contribution in [2.75, 3.05) is 0 Å². The maximum Gasteiger partial charge on any atom is 0.312 e. The van der Waals surface area contributed by atoms with Gasteiger partial charge >= 0.3 is 5.95 Å². The fourth-order valence-electron chi connectivity index (χ4n) is 1.84. The van der Waals surface area contributed by atoms with E-state index >= 15 is 0 Å². The fraction of sp³-hybridized carbons (Fsp3) is 0.0625. The van der Waals surface area contributed by atoms with Gasteiger partial charge in [0.05, 0.1) is 6.21 Å². The van der Waals surface area contributed by atoms with Crippen molar-refractivity contribution in [3.05, 3.63) is 59.9 Å². The number of oxazole rings is 1. The quantitative estimate of drug-likeness (QED) is 0.745. The lowest BCUT2D eigenvalue weighted by Gasteiger charge is -1.93. The molecule has 0 spiro atoms. The number of benzene rings is 1. The van der Waals surface area contributed by atoms with Gasteiger partial charge in [-0.1, -0.05) is 24.3 Å². The molecule has 0 amide bonds. The first-order chi connectivity index (χ1) is 10.2. The van der Waals surface area contributed by atoms with Crippen molar-refractivity contribution in [1.29, 1.82) is 0 Å². The third kappa shape index (κ3) is 2.97.